The highest BCUT2D eigenvalue weighted by atomic mass is 32.1. The average molecular weight is 494 g/mol. The average Bonchev–Trinajstić information content (AvgIpc) is 3.44. The van der Waals surface area contributed by atoms with Gasteiger partial charge in [-0.2, -0.15) is 0 Å². The smallest absolute Gasteiger partial charge is 0.407 e. The Morgan fingerprint density at radius 3 is 2.26 bits per heavy atom. The lowest BCUT2D eigenvalue weighted by Gasteiger charge is -2.22. The Bertz CT molecular complexity index is 1190. The lowest BCUT2D eigenvalue weighted by molar-refractivity contribution is -0.124. The van der Waals surface area contributed by atoms with Gasteiger partial charge in [-0.15, -0.1) is 11.3 Å². The standard InChI is InChI=1S/C26H27N3O5S/c1-15(2)23(24(30)27-12-11-22-28-21(14-35-22)25(31)32)29-26(33)34-13-20-18-9-5-3-7-16(18)17-8-4-6-10-19(17)20/h3-10,14-15,20,23H,11-13H2,1-2H3,(H,27,30)(H,29,33)(H,31,32)/t23-/m1/s1. The Hall–Kier alpha value is -3.72. The number of fused-ring (bicyclic) bond motifs is 3. The van der Waals surface area contributed by atoms with Crippen molar-refractivity contribution in [3.8, 4) is 11.1 Å². The zero-order valence-corrected chi connectivity index (χ0v) is 20.3. The molecule has 0 spiro atoms. The maximum Gasteiger partial charge on any atom is 0.407 e. The van der Waals surface area contributed by atoms with E-state index in [4.69, 9.17) is 9.84 Å². The highest BCUT2D eigenvalue weighted by molar-refractivity contribution is 7.09. The number of hydrogen-bond acceptors (Lipinski definition) is 6. The fourth-order valence-electron chi connectivity index (χ4n) is 4.23. The summed E-state index contributed by atoms with van der Waals surface area (Å²) in [6, 6.07) is 15.4. The van der Waals surface area contributed by atoms with Gasteiger partial charge in [0.2, 0.25) is 5.91 Å². The van der Waals surface area contributed by atoms with Crippen LogP contribution in [-0.2, 0) is 16.0 Å². The molecule has 35 heavy (non-hydrogen) atoms. The maximum absolute atomic E-state index is 12.7. The molecule has 2 amide bonds. The molecule has 1 atom stereocenters. The Kier molecular flexibility index (Phi) is 7.45. The third-order valence-corrected chi connectivity index (χ3v) is 6.88. The lowest BCUT2D eigenvalue weighted by Crippen LogP contribution is -2.50. The van der Waals surface area contributed by atoms with E-state index in [-0.39, 0.29) is 36.6 Å². The van der Waals surface area contributed by atoms with Crippen molar-refractivity contribution in [1.82, 2.24) is 15.6 Å². The van der Waals surface area contributed by atoms with E-state index in [2.05, 4.69) is 27.8 Å². The van der Waals surface area contributed by atoms with E-state index in [1.165, 1.54) is 16.7 Å². The Morgan fingerprint density at radius 2 is 1.69 bits per heavy atom. The number of thiazole rings is 1. The quantitative estimate of drug-likeness (QED) is 0.414. The van der Waals surface area contributed by atoms with Crippen LogP contribution in [-0.4, -0.2) is 47.3 Å². The van der Waals surface area contributed by atoms with Crippen LogP contribution < -0.4 is 10.6 Å². The molecule has 0 radical (unpaired) electrons. The highest BCUT2D eigenvalue weighted by Crippen LogP contribution is 2.44. The molecular weight excluding hydrogens is 466 g/mol. The number of carbonyl (C=O) groups is 3. The second kappa shape index (κ2) is 10.7. The molecule has 0 bridgehead atoms. The molecule has 4 rings (SSSR count). The number of aromatic nitrogens is 1. The predicted octanol–water partition coefficient (Wildman–Crippen LogP) is 4.06. The summed E-state index contributed by atoms with van der Waals surface area (Å²) in [5.74, 6) is -1.63. The van der Waals surface area contributed by atoms with Gasteiger partial charge < -0.3 is 20.5 Å². The Balaban J connectivity index is 1.32. The molecule has 0 fully saturated rings. The number of amides is 2. The summed E-state index contributed by atoms with van der Waals surface area (Å²) in [5.41, 5.74) is 4.52. The monoisotopic (exact) mass is 493 g/mol. The largest absolute Gasteiger partial charge is 0.476 e. The number of rotatable bonds is 9. The fraction of sp³-hybridized carbons (Fsp3) is 0.308. The number of alkyl carbamates (subject to hydrolysis) is 1. The van der Waals surface area contributed by atoms with Gasteiger partial charge in [-0.25, -0.2) is 14.6 Å². The molecule has 9 heteroatoms. The molecule has 1 heterocycles. The van der Waals surface area contributed by atoms with Gasteiger partial charge in [0.1, 0.15) is 12.6 Å². The van der Waals surface area contributed by atoms with E-state index in [1.807, 2.05) is 50.2 Å². The predicted molar refractivity (Wildman–Crippen MR) is 133 cm³/mol. The fourth-order valence-corrected chi connectivity index (χ4v) is 5.00. The number of ether oxygens (including phenoxy) is 1. The van der Waals surface area contributed by atoms with Gasteiger partial charge in [-0.3, -0.25) is 4.79 Å². The number of aromatic carboxylic acids is 1. The van der Waals surface area contributed by atoms with Gasteiger partial charge in [0.25, 0.3) is 0 Å². The zero-order valence-electron chi connectivity index (χ0n) is 19.5. The first-order valence-electron chi connectivity index (χ1n) is 11.4. The minimum absolute atomic E-state index is 0.00620. The molecule has 0 unspecified atom stereocenters. The Morgan fingerprint density at radius 1 is 1.06 bits per heavy atom. The van der Waals surface area contributed by atoms with E-state index in [0.717, 1.165) is 22.3 Å². The number of carboxylic acids is 1. The van der Waals surface area contributed by atoms with Crippen LogP contribution in [0.15, 0.2) is 53.9 Å². The van der Waals surface area contributed by atoms with Crippen molar-refractivity contribution in [2.45, 2.75) is 32.2 Å². The molecule has 3 N–H and O–H groups in total. The van der Waals surface area contributed by atoms with Crippen LogP contribution >= 0.6 is 11.3 Å². The van der Waals surface area contributed by atoms with Gasteiger partial charge in [-0.1, -0.05) is 62.4 Å². The number of nitrogens with zero attached hydrogens (tertiary/aromatic N) is 1. The summed E-state index contributed by atoms with van der Waals surface area (Å²) in [6.07, 6.45) is -0.244. The molecule has 3 aromatic rings. The van der Waals surface area contributed by atoms with E-state index >= 15 is 0 Å². The van der Waals surface area contributed by atoms with Crippen LogP contribution in [0.5, 0.6) is 0 Å². The van der Waals surface area contributed by atoms with Gasteiger partial charge in [0.05, 0.1) is 5.01 Å². The number of nitrogens with one attached hydrogen (secondary N) is 2. The van der Waals surface area contributed by atoms with Gasteiger partial charge in [0, 0.05) is 24.3 Å². The third kappa shape index (κ3) is 5.51. The first-order chi connectivity index (χ1) is 16.8. The van der Waals surface area contributed by atoms with E-state index in [9.17, 15) is 14.4 Å². The van der Waals surface area contributed by atoms with Crippen molar-refractivity contribution in [2.75, 3.05) is 13.2 Å². The first kappa shape index (κ1) is 24.4. The lowest BCUT2D eigenvalue weighted by atomic mass is 9.98. The van der Waals surface area contributed by atoms with Crippen molar-refractivity contribution < 1.29 is 24.2 Å². The van der Waals surface area contributed by atoms with Crippen LogP contribution in [0.4, 0.5) is 4.79 Å². The van der Waals surface area contributed by atoms with Crippen molar-refractivity contribution in [2.24, 2.45) is 5.92 Å². The van der Waals surface area contributed by atoms with Crippen molar-refractivity contribution in [3.05, 3.63) is 75.7 Å². The molecule has 1 aromatic heterocycles. The number of carboxylic acid groups (broad SMARTS) is 1. The molecular formula is C26H27N3O5S. The summed E-state index contributed by atoms with van der Waals surface area (Å²) in [7, 11) is 0. The van der Waals surface area contributed by atoms with Crippen molar-refractivity contribution in [3.63, 3.8) is 0 Å². The van der Waals surface area contributed by atoms with Gasteiger partial charge >= 0.3 is 12.1 Å². The normalized spacial score (nSPS) is 13.1. The maximum atomic E-state index is 12.7. The number of carbonyl (C=O) groups excluding carboxylic acids is 2. The van der Waals surface area contributed by atoms with Crippen LogP contribution in [0.1, 0.15) is 46.4 Å². The number of benzene rings is 2. The first-order valence-corrected chi connectivity index (χ1v) is 12.3. The zero-order chi connectivity index (χ0) is 24.9. The molecule has 0 aliphatic heterocycles. The summed E-state index contributed by atoms with van der Waals surface area (Å²) < 4.78 is 5.58. The third-order valence-electron chi connectivity index (χ3n) is 5.98. The molecule has 1 aliphatic rings. The summed E-state index contributed by atoms with van der Waals surface area (Å²) in [6.45, 7) is 4.13. The Labute approximate surface area is 207 Å². The molecule has 2 aromatic carbocycles. The topological polar surface area (TPSA) is 118 Å². The summed E-state index contributed by atoms with van der Waals surface area (Å²) in [4.78, 5) is 40.3. The van der Waals surface area contributed by atoms with E-state index < -0.39 is 18.1 Å². The van der Waals surface area contributed by atoms with Gasteiger partial charge in [0.15, 0.2) is 5.69 Å². The summed E-state index contributed by atoms with van der Waals surface area (Å²) >= 11 is 1.23. The molecule has 0 saturated carbocycles. The van der Waals surface area contributed by atoms with Crippen molar-refractivity contribution >= 4 is 29.3 Å². The second-order valence-corrected chi connectivity index (χ2v) is 9.61. The van der Waals surface area contributed by atoms with Crippen molar-refractivity contribution in [1.29, 1.82) is 0 Å². The molecule has 0 saturated heterocycles. The SMILES string of the molecule is CC(C)[C@@H](NC(=O)OCC1c2ccccc2-c2ccccc21)C(=O)NCCc1nc(C(=O)O)cs1. The summed E-state index contributed by atoms with van der Waals surface area (Å²) in [5, 5.41) is 16.5. The second-order valence-electron chi connectivity index (χ2n) is 8.66. The molecule has 182 valence electrons. The number of hydrogen-bond donors (Lipinski definition) is 3. The highest BCUT2D eigenvalue weighted by Gasteiger charge is 2.30. The van der Waals surface area contributed by atoms with Crippen LogP contribution in [0, 0.1) is 5.92 Å². The minimum Gasteiger partial charge on any atom is -0.476 e. The van der Waals surface area contributed by atoms with Crippen LogP contribution in [0.25, 0.3) is 11.1 Å². The van der Waals surface area contributed by atoms with E-state index in [0.29, 0.717) is 11.4 Å². The molecule has 1 aliphatic carbocycles. The molecule has 8 nitrogen and oxygen atoms in total. The minimum atomic E-state index is -1.08. The van der Waals surface area contributed by atoms with Crippen LogP contribution in [0.3, 0.4) is 0 Å². The van der Waals surface area contributed by atoms with E-state index in [1.54, 1.807) is 0 Å². The van der Waals surface area contributed by atoms with Crippen LogP contribution in [0.2, 0.25) is 0 Å². The van der Waals surface area contributed by atoms with Gasteiger partial charge in [-0.05, 0) is 28.2 Å².